The van der Waals surface area contributed by atoms with Gasteiger partial charge in [0.25, 0.3) is 10.0 Å². The standard InChI is InChI=1S/C27H35N6O6PS/c1-6-33(40(35,38-7-2)39-8-3)41(36,37)24-16-22(11-9-18(24)4)30-27-28-17-19(5)26(32-27)29-21-12-13-23-20(15-21)10-14-25(34)31-23/h9,11-13,15-17H,6-8,10,14H2,1-5H3,(H,31,34)(H2,28,29,30,32). The van der Waals surface area contributed by atoms with E-state index in [2.05, 4.69) is 25.9 Å². The van der Waals surface area contributed by atoms with Crippen molar-refractivity contribution in [1.29, 1.82) is 0 Å². The molecule has 14 heteroatoms. The van der Waals surface area contributed by atoms with Gasteiger partial charge in [0, 0.05) is 41.8 Å². The predicted molar refractivity (Wildman–Crippen MR) is 158 cm³/mol. The second-order valence-corrected chi connectivity index (χ2v) is 13.4. The van der Waals surface area contributed by atoms with Crippen LogP contribution in [0.5, 0.6) is 0 Å². The van der Waals surface area contributed by atoms with Crippen molar-refractivity contribution in [2.45, 2.75) is 52.4 Å². The number of nitrogens with zero attached hydrogens (tertiary/aromatic N) is 3. The van der Waals surface area contributed by atoms with Gasteiger partial charge in [-0.05, 0) is 75.6 Å². The van der Waals surface area contributed by atoms with Gasteiger partial charge >= 0.3 is 7.75 Å². The molecule has 0 fully saturated rings. The summed E-state index contributed by atoms with van der Waals surface area (Å²) >= 11 is 0. The Bertz CT molecular complexity index is 1590. The number of hydrogen-bond donors (Lipinski definition) is 3. The normalized spacial score (nSPS) is 13.6. The molecule has 3 aromatic rings. The minimum atomic E-state index is -4.26. The fourth-order valence-electron chi connectivity index (χ4n) is 4.39. The Hall–Kier alpha value is -3.35. The Labute approximate surface area is 240 Å². The minimum absolute atomic E-state index is 0.00707. The van der Waals surface area contributed by atoms with Gasteiger partial charge in [-0.2, -0.15) is 4.98 Å². The van der Waals surface area contributed by atoms with Crippen molar-refractivity contribution < 1.29 is 26.8 Å². The maximum Gasteiger partial charge on any atom is 0.421 e. The Morgan fingerprint density at radius 1 is 0.976 bits per heavy atom. The predicted octanol–water partition coefficient (Wildman–Crippen LogP) is 5.66. The topological polar surface area (TPSA) is 152 Å². The van der Waals surface area contributed by atoms with Gasteiger partial charge in [-0.25, -0.2) is 18.0 Å². The van der Waals surface area contributed by atoms with E-state index in [1.54, 1.807) is 46.0 Å². The Kier molecular flexibility index (Phi) is 9.45. The van der Waals surface area contributed by atoms with Crippen LogP contribution in [0.1, 0.15) is 43.9 Å². The van der Waals surface area contributed by atoms with Gasteiger partial charge in [0.1, 0.15) is 5.82 Å². The van der Waals surface area contributed by atoms with Crippen LogP contribution in [-0.4, -0.2) is 48.1 Å². The highest BCUT2D eigenvalue weighted by molar-refractivity contribution is 7.94. The molecule has 0 spiro atoms. The Morgan fingerprint density at radius 2 is 1.66 bits per heavy atom. The van der Waals surface area contributed by atoms with Crippen LogP contribution in [0.15, 0.2) is 47.5 Å². The first-order valence-electron chi connectivity index (χ1n) is 13.3. The van der Waals surface area contributed by atoms with Crippen LogP contribution >= 0.6 is 7.75 Å². The number of rotatable bonds is 12. The first kappa shape index (κ1) is 30.6. The lowest BCUT2D eigenvalue weighted by Gasteiger charge is -2.28. The van der Waals surface area contributed by atoms with E-state index in [1.165, 1.54) is 6.07 Å². The molecule has 0 aliphatic carbocycles. The zero-order valence-electron chi connectivity index (χ0n) is 23.7. The van der Waals surface area contributed by atoms with E-state index in [4.69, 9.17) is 9.05 Å². The van der Waals surface area contributed by atoms with Gasteiger partial charge in [0.05, 0.1) is 18.1 Å². The molecule has 1 aromatic heterocycles. The molecule has 41 heavy (non-hydrogen) atoms. The summed E-state index contributed by atoms with van der Waals surface area (Å²) in [5, 5.41) is 9.25. The van der Waals surface area contributed by atoms with Gasteiger partial charge in [0.2, 0.25) is 11.9 Å². The first-order chi connectivity index (χ1) is 19.5. The Morgan fingerprint density at radius 3 is 2.34 bits per heavy atom. The highest BCUT2D eigenvalue weighted by Crippen LogP contribution is 2.54. The second-order valence-electron chi connectivity index (χ2n) is 9.32. The fourth-order valence-corrected chi connectivity index (χ4v) is 8.64. The van der Waals surface area contributed by atoms with Crippen LogP contribution in [0.25, 0.3) is 0 Å². The Balaban J connectivity index is 1.60. The smallest absolute Gasteiger partial charge is 0.340 e. The quantitative estimate of drug-likeness (QED) is 0.222. The zero-order chi connectivity index (χ0) is 29.8. The molecule has 1 aliphatic rings. The SMILES string of the molecule is CCOP(=O)(OCC)N(CC)S(=O)(=O)c1cc(Nc2ncc(C)c(Nc3ccc4c(c3)CCC(=O)N4)n2)ccc1C. The van der Waals surface area contributed by atoms with E-state index in [0.29, 0.717) is 29.9 Å². The molecular weight excluding hydrogens is 567 g/mol. The summed E-state index contributed by atoms with van der Waals surface area (Å²) in [5.74, 6) is 0.818. The number of aromatic nitrogens is 2. The third-order valence-corrected chi connectivity index (χ3v) is 11.4. The van der Waals surface area contributed by atoms with Crippen molar-refractivity contribution in [3.8, 4) is 0 Å². The van der Waals surface area contributed by atoms with Crippen LogP contribution < -0.4 is 16.0 Å². The van der Waals surface area contributed by atoms with Crippen LogP contribution in [-0.2, 0) is 34.9 Å². The maximum absolute atomic E-state index is 13.7. The molecule has 2 aromatic carbocycles. The number of fused-ring (bicyclic) bond motifs is 1. The molecule has 2 heterocycles. The lowest BCUT2D eigenvalue weighted by molar-refractivity contribution is -0.116. The van der Waals surface area contributed by atoms with Gasteiger partial charge in [-0.15, -0.1) is 0 Å². The van der Waals surface area contributed by atoms with Crippen molar-refractivity contribution >= 4 is 52.5 Å². The van der Waals surface area contributed by atoms with E-state index in [-0.39, 0.29) is 36.5 Å². The molecule has 0 unspecified atom stereocenters. The van der Waals surface area contributed by atoms with Gasteiger partial charge in [-0.3, -0.25) is 13.8 Å². The molecule has 4 rings (SSSR count). The third kappa shape index (κ3) is 6.77. The summed E-state index contributed by atoms with van der Waals surface area (Å²) in [6.45, 7) is 8.28. The number of benzene rings is 2. The summed E-state index contributed by atoms with van der Waals surface area (Å²) in [4.78, 5) is 20.6. The van der Waals surface area contributed by atoms with Crippen molar-refractivity contribution in [2.75, 3.05) is 35.7 Å². The number of carbonyl (C=O) groups is 1. The van der Waals surface area contributed by atoms with Gasteiger partial charge < -0.3 is 16.0 Å². The van der Waals surface area contributed by atoms with Crippen molar-refractivity contribution in [2.24, 2.45) is 0 Å². The summed E-state index contributed by atoms with van der Waals surface area (Å²) < 4.78 is 52.3. The average Bonchev–Trinajstić information content (AvgIpc) is 2.92. The van der Waals surface area contributed by atoms with Crippen LogP contribution in [0.4, 0.5) is 28.8 Å². The monoisotopic (exact) mass is 602 g/mol. The van der Waals surface area contributed by atoms with E-state index >= 15 is 0 Å². The number of amides is 1. The molecular formula is C27H35N6O6PS. The number of nitrogens with one attached hydrogen (secondary N) is 3. The minimum Gasteiger partial charge on any atom is -0.340 e. The molecule has 0 atom stereocenters. The van der Waals surface area contributed by atoms with Crippen LogP contribution in [0, 0.1) is 13.8 Å². The number of sulfonamides is 1. The highest BCUT2D eigenvalue weighted by atomic mass is 32.2. The molecule has 0 radical (unpaired) electrons. The van der Waals surface area contributed by atoms with E-state index in [9.17, 15) is 17.8 Å². The highest BCUT2D eigenvalue weighted by Gasteiger charge is 2.42. The third-order valence-electron chi connectivity index (χ3n) is 6.36. The molecule has 220 valence electrons. The van der Waals surface area contributed by atoms with Crippen molar-refractivity contribution in [1.82, 2.24) is 14.0 Å². The van der Waals surface area contributed by atoms with Crippen LogP contribution in [0.2, 0.25) is 0 Å². The molecule has 0 bridgehead atoms. The summed E-state index contributed by atoms with van der Waals surface area (Å²) in [6, 6.07) is 10.5. The molecule has 0 saturated heterocycles. The summed E-state index contributed by atoms with van der Waals surface area (Å²) in [5.41, 5.74) is 4.34. The van der Waals surface area contributed by atoms with Crippen molar-refractivity contribution in [3.63, 3.8) is 0 Å². The van der Waals surface area contributed by atoms with E-state index in [0.717, 1.165) is 26.6 Å². The van der Waals surface area contributed by atoms with E-state index < -0.39 is 17.8 Å². The number of carbonyl (C=O) groups excluding carboxylic acids is 1. The average molecular weight is 603 g/mol. The number of aryl methyl sites for hydroxylation is 3. The van der Waals surface area contributed by atoms with E-state index in [1.807, 2.05) is 25.1 Å². The van der Waals surface area contributed by atoms with Crippen LogP contribution in [0.3, 0.4) is 0 Å². The molecule has 1 aliphatic heterocycles. The molecule has 3 N–H and O–H groups in total. The van der Waals surface area contributed by atoms with Gasteiger partial charge in [-0.1, -0.05) is 17.1 Å². The second kappa shape index (κ2) is 12.7. The maximum atomic E-state index is 13.7. The van der Waals surface area contributed by atoms with Gasteiger partial charge in [0.15, 0.2) is 0 Å². The van der Waals surface area contributed by atoms with Crippen molar-refractivity contribution in [3.05, 3.63) is 59.3 Å². The molecule has 12 nitrogen and oxygen atoms in total. The summed E-state index contributed by atoms with van der Waals surface area (Å²) in [6.07, 6.45) is 2.75. The molecule has 0 saturated carbocycles. The largest absolute Gasteiger partial charge is 0.421 e. The lowest BCUT2D eigenvalue weighted by Crippen LogP contribution is -2.30. The zero-order valence-corrected chi connectivity index (χ0v) is 25.4. The summed E-state index contributed by atoms with van der Waals surface area (Å²) in [7, 11) is -8.37. The number of anilines is 5. The number of hydrogen-bond acceptors (Lipinski definition) is 10. The molecule has 1 amide bonds. The fraction of sp³-hybridized carbons (Fsp3) is 0.370. The first-order valence-corrected chi connectivity index (χ1v) is 16.3. The lowest BCUT2D eigenvalue weighted by atomic mass is 10.0.